The third-order valence-electron chi connectivity index (χ3n) is 3.50. The van der Waals surface area contributed by atoms with E-state index in [1.165, 1.54) is 6.07 Å². The molecule has 0 aliphatic rings. The molecule has 3 rings (SSSR count). The quantitative estimate of drug-likeness (QED) is 0.701. The monoisotopic (exact) mass is 299 g/mol. The Morgan fingerprint density at radius 3 is 2.73 bits per heavy atom. The van der Waals surface area contributed by atoms with Crippen LogP contribution in [0.3, 0.4) is 0 Å². The van der Waals surface area contributed by atoms with Gasteiger partial charge in [-0.1, -0.05) is 24.3 Å². The second-order valence-electron chi connectivity index (χ2n) is 5.14. The minimum absolute atomic E-state index is 0.197. The van der Waals surface area contributed by atoms with Crippen molar-refractivity contribution >= 4 is 22.8 Å². The highest BCUT2D eigenvalue weighted by molar-refractivity contribution is 5.74. The van der Waals surface area contributed by atoms with Gasteiger partial charge in [-0.3, -0.25) is 0 Å². The van der Waals surface area contributed by atoms with Gasteiger partial charge in [-0.25, -0.2) is 4.39 Å². The molecule has 0 spiro atoms. The molecule has 5 heteroatoms. The summed E-state index contributed by atoms with van der Waals surface area (Å²) in [6, 6.07) is 15.0. The maximum absolute atomic E-state index is 13.7. The summed E-state index contributed by atoms with van der Waals surface area (Å²) in [7, 11) is 1.89. The third-order valence-corrected chi connectivity index (χ3v) is 3.50. The van der Waals surface area contributed by atoms with E-state index in [9.17, 15) is 4.39 Å². The lowest BCUT2D eigenvalue weighted by Crippen LogP contribution is -2.21. The predicted molar refractivity (Wildman–Crippen MR) is 86.8 cm³/mol. The number of hydrogen-bond donors (Lipinski definition) is 1. The van der Waals surface area contributed by atoms with Crippen LogP contribution in [0.25, 0.3) is 11.1 Å². The molecule has 0 unspecified atom stereocenters. The normalized spacial score (nSPS) is 10.8. The Hall–Kier alpha value is -2.56. The zero-order valence-electron chi connectivity index (χ0n) is 12.4. The average molecular weight is 299 g/mol. The molecule has 4 nitrogen and oxygen atoms in total. The topological polar surface area (TPSA) is 41.3 Å². The van der Waals surface area contributed by atoms with Crippen LogP contribution in [-0.4, -0.2) is 25.1 Å². The number of oxazole rings is 1. The smallest absolute Gasteiger partial charge is 0.295 e. The largest absolute Gasteiger partial charge is 0.424 e. The van der Waals surface area contributed by atoms with E-state index in [0.717, 1.165) is 24.1 Å². The maximum atomic E-state index is 13.7. The Morgan fingerprint density at radius 2 is 1.91 bits per heavy atom. The van der Waals surface area contributed by atoms with Crippen LogP contribution >= 0.6 is 0 Å². The highest BCUT2D eigenvalue weighted by Gasteiger charge is 2.07. The standard InChI is InChI=1S/C17H18FN3O/c1-21(15-9-4-2-7-13(15)18)12-6-11-19-17-20-14-8-3-5-10-16(14)22-17/h2-5,7-10H,6,11-12H2,1H3,(H,19,20). The van der Waals surface area contributed by atoms with Crippen molar-refractivity contribution in [2.75, 3.05) is 30.4 Å². The van der Waals surface area contributed by atoms with Crippen LogP contribution in [0.1, 0.15) is 6.42 Å². The molecule has 1 N–H and O–H groups in total. The van der Waals surface area contributed by atoms with E-state index in [-0.39, 0.29) is 5.82 Å². The lowest BCUT2D eigenvalue weighted by Gasteiger charge is -2.19. The fourth-order valence-electron chi connectivity index (χ4n) is 2.34. The number of aromatic nitrogens is 1. The van der Waals surface area contributed by atoms with Crippen molar-refractivity contribution in [1.29, 1.82) is 0 Å². The summed E-state index contributed by atoms with van der Waals surface area (Å²) in [5.41, 5.74) is 2.23. The number of para-hydroxylation sites is 3. The molecule has 0 aliphatic carbocycles. The van der Waals surface area contributed by atoms with Crippen molar-refractivity contribution in [3.8, 4) is 0 Å². The lowest BCUT2D eigenvalue weighted by molar-refractivity contribution is 0.609. The minimum atomic E-state index is -0.197. The van der Waals surface area contributed by atoms with Gasteiger partial charge in [-0.05, 0) is 30.7 Å². The Labute approximate surface area is 128 Å². The number of benzene rings is 2. The van der Waals surface area contributed by atoms with Gasteiger partial charge >= 0.3 is 0 Å². The third kappa shape index (κ3) is 3.19. The molecule has 1 heterocycles. The Morgan fingerprint density at radius 1 is 1.14 bits per heavy atom. The number of fused-ring (bicyclic) bond motifs is 1. The molecule has 0 bridgehead atoms. The van der Waals surface area contributed by atoms with E-state index >= 15 is 0 Å². The van der Waals surface area contributed by atoms with Crippen molar-refractivity contribution in [3.63, 3.8) is 0 Å². The van der Waals surface area contributed by atoms with E-state index < -0.39 is 0 Å². The number of hydrogen-bond acceptors (Lipinski definition) is 4. The van der Waals surface area contributed by atoms with Crippen molar-refractivity contribution in [2.45, 2.75) is 6.42 Å². The van der Waals surface area contributed by atoms with Crippen molar-refractivity contribution in [1.82, 2.24) is 4.98 Å². The molecule has 3 aromatic rings. The molecule has 0 saturated heterocycles. The number of nitrogens with zero attached hydrogens (tertiary/aromatic N) is 2. The minimum Gasteiger partial charge on any atom is -0.424 e. The summed E-state index contributed by atoms with van der Waals surface area (Å²) in [6.45, 7) is 1.46. The van der Waals surface area contributed by atoms with Gasteiger partial charge in [0.2, 0.25) is 0 Å². The van der Waals surface area contributed by atoms with Gasteiger partial charge in [0.05, 0.1) is 5.69 Å². The van der Waals surface area contributed by atoms with E-state index in [4.69, 9.17) is 4.42 Å². The van der Waals surface area contributed by atoms with Crippen LogP contribution in [0, 0.1) is 5.82 Å². The second kappa shape index (κ2) is 6.47. The number of rotatable bonds is 6. The van der Waals surface area contributed by atoms with Gasteiger partial charge in [-0.15, -0.1) is 0 Å². The molecule has 0 fully saturated rings. The first kappa shape index (κ1) is 14.4. The number of nitrogens with one attached hydrogen (secondary N) is 1. The summed E-state index contributed by atoms with van der Waals surface area (Å²) in [4.78, 5) is 6.26. The summed E-state index contributed by atoms with van der Waals surface area (Å²) >= 11 is 0. The van der Waals surface area contributed by atoms with Crippen molar-refractivity contribution in [3.05, 3.63) is 54.3 Å². The lowest BCUT2D eigenvalue weighted by atomic mass is 10.2. The summed E-state index contributed by atoms with van der Waals surface area (Å²) in [5, 5.41) is 3.16. The molecule has 0 aliphatic heterocycles. The van der Waals surface area contributed by atoms with Crippen LogP contribution in [0.15, 0.2) is 52.9 Å². The highest BCUT2D eigenvalue weighted by Crippen LogP contribution is 2.19. The van der Waals surface area contributed by atoms with E-state index in [0.29, 0.717) is 18.2 Å². The van der Waals surface area contributed by atoms with Gasteiger partial charge in [0.25, 0.3) is 6.01 Å². The van der Waals surface area contributed by atoms with Gasteiger partial charge in [0.15, 0.2) is 5.58 Å². The van der Waals surface area contributed by atoms with Crippen molar-refractivity contribution < 1.29 is 8.81 Å². The fourth-order valence-corrected chi connectivity index (χ4v) is 2.34. The summed E-state index contributed by atoms with van der Waals surface area (Å²) in [6.07, 6.45) is 0.851. The van der Waals surface area contributed by atoms with Crippen LogP contribution in [0.2, 0.25) is 0 Å². The second-order valence-corrected chi connectivity index (χ2v) is 5.14. The van der Waals surface area contributed by atoms with Gasteiger partial charge in [0.1, 0.15) is 11.3 Å². The van der Waals surface area contributed by atoms with Crippen LogP contribution in [-0.2, 0) is 0 Å². The Balaban J connectivity index is 1.50. The Kier molecular flexibility index (Phi) is 4.23. The summed E-state index contributed by atoms with van der Waals surface area (Å²) in [5.74, 6) is -0.197. The molecular weight excluding hydrogens is 281 g/mol. The van der Waals surface area contributed by atoms with E-state index in [1.54, 1.807) is 12.1 Å². The van der Waals surface area contributed by atoms with E-state index in [2.05, 4.69) is 10.3 Å². The number of halogens is 1. The molecule has 0 amide bonds. The van der Waals surface area contributed by atoms with Gasteiger partial charge < -0.3 is 14.6 Å². The first-order valence-electron chi connectivity index (χ1n) is 7.29. The van der Waals surface area contributed by atoms with Crippen LogP contribution in [0.4, 0.5) is 16.1 Å². The Bertz CT molecular complexity index is 723. The molecular formula is C17H18FN3O. The zero-order valence-corrected chi connectivity index (χ0v) is 12.4. The average Bonchev–Trinajstić information content (AvgIpc) is 2.94. The van der Waals surface area contributed by atoms with Gasteiger partial charge in [-0.2, -0.15) is 4.98 Å². The SMILES string of the molecule is CN(CCCNc1nc2ccccc2o1)c1ccccc1F. The zero-order chi connectivity index (χ0) is 15.4. The van der Waals surface area contributed by atoms with E-state index in [1.807, 2.05) is 42.3 Å². The molecule has 1 aromatic heterocycles. The molecule has 0 atom stereocenters. The molecule has 2 aromatic carbocycles. The maximum Gasteiger partial charge on any atom is 0.295 e. The fraction of sp³-hybridized carbons (Fsp3) is 0.235. The predicted octanol–water partition coefficient (Wildman–Crippen LogP) is 3.91. The highest BCUT2D eigenvalue weighted by atomic mass is 19.1. The summed E-state index contributed by atoms with van der Waals surface area (Å²) < 4.78 is 19.2. The molecule has 0 radical (unpaired) electrons. The first-order chi connectivity index (χ1) is 10.7. The van der Waals surface area contributed by atoms with Crippen molar-refractivity contribution in [2.24, 2.45) is 0 Å². The number of anilines is 2. The molecule has 0 saturated carbocycles. The van der Waals surface area contributed by atoms with Gasteiger partial charge in [0, 0.05) is 20.1 Å². The van der Waals surface area contributed by atoms with Crippen LogP contribution < -0.4 is 10.2 Å². The van der Waals surface area contributed by atoms with Crippen LogP contribution in [0.5, 0.6) is 0 Å². The molecule has 114 valence electrons. The molecule has 22 heavy (non-hydrogen) atoms. The first-order valence-corrected chi connectivity index (χ1v) is 7.29.